The minimum Gasteiger partial charge on any atom is -1.00 e. The summed E-state index contributed by atoms with van der Waals surface area (Å²) in [6.07, 6.45) is 0. The van der Waals surface area contributed by atoms with Gasteiger partial charge in [0.2, 0.25) is 0 Å². The Morgan fingerprint density at radius 2 is 0.842 bits per heavy atom. The first-order valence-corrected chi connectivity index (χ1v) is 20.6. The second-order valence-corrected chi connectivity index (χ2v) is 23.2. The Morgan fingerprint density at radius 3 is 1.11 bits per heavy atom. The third-order valence-electron chi connectivity index (χ3n) is 8.56. The molecule has 0 N–H and O–H groups in total. The van der Waals surface area contributed by atoms with Crippen molar-refractivity contribution in [2.45, 2.75) is 91.7 Å². The van der Waals surface area contributed by atoms with Crippen molar-refractivity contribution in [1.82, 2.24) is 0 Å². The van der Waals surface area contributed by atoms with Gasteiger partial charge in [-0.3, -0.25) is 0 Å². The normalized spacial score (nSPS) is 11.0. The predicted molar refractivity (Wildman–Crippen MR) is 169 cm³/mol. The van der Waals surface area contributed by atoms with Crippen molar-refractivity contribution in [2.24, 2.45) is 0 Å². The molecule has 0 bridgehead atoms. The zero-order valence-electron chi connectivity index (χ0n) is 24.9. The third-order valence-corrected chi connectivity index (χ3v) is 19.8. The van der Waals surface area contributed by atoms with Crippen LogP contribution in [-0.2, 0) is 24.2 Å². The fourth-order valence-electron chi connectivity index (χ4n) is 5.87. The summed E-state index contributed by atoms with van der Waals surface area (Å²) >= 11 is 1.55. The van der Waals surface area contributed by atoms with Crippen molar-refractivity contribution in [1.29, 1.82) is 0 Å². The zero-order chi connectivity index (χ0) is 26.8. The van der Waals surface area contributed by atoms with Gasteiger partial charge < -0.3 is 24.8 Å². The summed E-state index contributed by atoms with van der Waals surface area (Å²) in [6.45, 7) is 18.5. The van der Waals surface area contributed by atoms with Crippen molar-refractivity contribution in [3.05, 3.63) is 72.8 Å². The van der Waals surface area contributed by atoms with E-state index >= 15 is 0 Å². The molecule has 0 fully saturated rings. The number of hydrogen-bond donors (Lipinski definition) is 0. The number of fused-ring (bicyclic) bond motifs is 2. The molecule has 4 aromatic rings. The molecule has 0 saturated heterocycles. The molecule has 0 aliphatic rings. The van der Waals surface area contributed by atoms with Crippen molar-refractivity contribution in [2.75, 3.05) is 0 Å². The van der Waals surface area contributed by atoms with Crippen LogP contribution in [0.1, 0.15) is 55.4 Å². The fourth-order valence-corrected chi connectivity index (χ4v) is 13.6. The van der Waals surface area contributed by atoms with E-state index in [2.05, 4.69) is 128 Å². The fraction of sp³-hybridized carbons (Fsp3) is 0.424. The topological polar surface area (TPSA) is 0 Å². The average molecular weight is 663 g/mol. The molecular weight excluding hydrogens is 615 g/mol. The maximum atomic E-state index is 2.40. The summed E-state index contributed by atoms with van der Waals surface area (Å²) in [6, 6.07) is 35.3. The van der Waals surface area contributed by atoms with Gasteiger partial charge in [-0.25, -0.2) is 0 Å². The maximum absolute atomic E-state index is 2.40. The van der Waals surface area contributed by atoms with E-state index in [-0.39, 0.29) is 24.8 Å². The Bertz CT molecular complexity index is 1110. The molecule has 0 saturated carbocycles. The Hall–Kier alpha value is -0.573. The van der Waals surface area contributed by atoms with Crippen LogP contribution in [0.5, 0.6) is 0 Å². The quantitative estimate of drug-likeness (QED) is 0.201. The first kappa shape index (κ1) is 37.4. The molecule has 0 spiro atoms. The van der Waals surface area contributed by atoms with E-state index in [1.54, 1.807) is 34.6 Å². The van der Waals surface area contributed by atoms with Crippen LogP contribution in [0.2, 0.25) is 36.3 Å². The Morgan fingerprint density at radius 1 is 0.579 bits per heavy atom. The molecule has 5 heteroatoms. The van der Waals surface area contributed by atoms with Crippen molar-refractivity contribution >= 4 is 51.3 Å². The van der Waals surface area contributed by atoms with Gasteiger partial charge in [-0.2, -0.15) is 33.3 Å². The van der Waals surface area contributed by atoms with E-state index in [9.17, 15) is 0 Å². The van der Waals surface area contributed by atoms with Crippen LogP contribution < -0.4 is 35.2 Å². The summed E-state index contributed by atoms with van der Waals surface area (Å²) in [5, 5.41) is 9.25. The molecule has 0 aliphatic heterocycles. The zero-order valence-corrected chi connectivity index (χ0v) is 30.9. The van der Waals surface area contributed by atoms with Crippen molar-refractivity contribution in [3.63, 3.8) is 0 Å². The van der Waals surface area contributed by atoms with Crippen LogP contribution >= 0.6 is 0 Å². The standard InChI is InChI=1S/2C15H21Si.C3H6.2ClH.Zr/c2*1-4-16(5-2,6-3)15-12-11-13-9-7-8-10-14(13)15;1-3-2;;;/h2*7-12H,4-6H2,1-3H3;1-2H3;2*1H;/q2*-1;;;;+2/p-2. The summed E-state index contributed by atoms with van der Waals surface area (Å²) in [7, 11) is -2.41. The van der Waals surface area contributed by atoms with E-state index in [1.807, 2.05) is 0 Å². The third kappa shape index (κ3) is 8.71. The van der Waals surface area contributed by atoms with Gasteiger partial charge in [0.25, 0.3) is 0 Å². The largest absolute Gasteiger partial charge is 1.00 e. The summed E-state index contributed by atoms with van der Waals surface area (Å²) in [4.78, 5) is 0. The molecule has 0 nitrogen and oxygen atoms in total. The van der Waals surface area contributed by atoms with Gasteiger partial charge in [0.05, 0.1) is 0 Å². The maximum Gasteiger partial charge on any atom is -1.00 e. The predicted octanol–water partition coefficient (Wildman–Crippen LogP) is 3.30. The number of benzene rings is 2. The molecule has 208 valence electrons. The van der Waals surface area contributed by atoms with Gasteiger partial charge in [0.15, 0.2) is 0 Å². The summed E-state index contributed by atoms with van der Waals surface area (Å²) in [5.41, 5.74) is 0. The average Bonchev–Trinajstić information content (AvgIpc) is 3.53. The van der Waals surface area contributed by atoms with E-state index in [1.165, 1.54) is 61.0 Å². The molecular formula is C33H48Cl2Si2Zr-2. The number of hydrogen-bond acceptors (Lipinski definition) is 0. The van der Waals surface area contributed by atoms with E-state index in [0.717, 1.165) is 0 Å². The van der Waals surface area contributed by atoms with Gasteiger partial charge in [-0.05, 0) is 0 Å². The molecule has 4 rings (SSSR count). The van der Waals surface area contributed by atoms with Gasteiger partial charge in [-0.15, -0.1) is 59.3 Å². The second-order valence-electron chi connectivity index (χ2n) is 10.4. The Balaban J connectivity index is 0.000000604. The molecule has 0 amide bonds. The van der Waals surface area contributed by atoms with Gasteiger partial charge >= 0.3 is 41.3 Å². The number of halogens is 2. The van der Waals surface area contributed by atoms with Crippen LogP contribution in [0.3, 0.4) is 0 Å². The SMILES string of the molecule is CC[Si](CC)(CC)c1c[cH-]c2ccccc12.CC[Si](CC)(CC)c1c[cH-]c2ccccc12.C[C](C)=[Zr+2].[Cl-].[Cl-]. The monoisotopic (exact) mass is 660 g/mol. The molecule has 0 aromatic heterocycles. The first-order chi connectivity index (χ1) is 17.3. The molecule has 0 radical (unpaired) electrons. The first-order valence-electron chi connectivity index (χ1n) is 14.1. The van der Waals surface area contributed by atoms with Crippen LogP contribution in [0.4, 0.5) is 0 Å². The molecule has 0 heterocycles. The minimum atomic E-state index is -1.21. The molecule has 0 unspecified atom stereocenters. The van der Waals surface area contributed by atoms with Gasteiger partial charge in [0.1, 0.15) is 0 Å². The number of rotatable bonds is 8. The molecule has 4 aromatic carbocycles. The summed E-state index contributed by atoms with van der Waals surface area (Å²) in [5.74, 6) is 0. The van der Waals surface area contributed by atoms with Gasteiger partial charge in [0, 0.05) is 16.1 Å². The van der Waals surface area contributed by atoms with Gasteiger partial charge in [-0.1, -0.05) is 89.9 Å². The smallest absolute Gasteiger partial charge is 1.00 e. The van der Waals surface area contributed by atoms with Crippen LogP contribution in [0.25, 0.3) is 21.5 Å². The Kier molecular flexibility index (Phi) is 17.7. The molecule has 0 atom stereocenters. The van der Waals surface area contributed by atoms with Crippen LogP contribution in [0, 0.1) is 0 Å². The van der Waals surface area contributed by atoms with E-state index in [4.69, 9.17) is 0 Å². The van der Waals surface area contributed by atoms with E-state index in [0.29, 0.717) is 0 Å². The molecule has 38 heavy (non-hydrogen) atoms. The molecule has 0 aliphatic carbocycles. The minimum absolute atomic E-state index is 0. The van der Waals surface area contributed by atoms with Crippen LogP contribution in [0.15, 0.2) is 72.8 Å². The van der Waals surface area contributed by atoms with Crippen LogP contribution in [-0.4, -0.2) is 19.4 Å². The summed E-state index contributed by atoms with van der Waals surface area (Å²) < 4.78 is 1.51. The van der Waals surface area contributed by atoms with E-state index < -0.39 is 16.1 Å². The van der Waals surface area contributed by atoms with Crippen molar-refractivity contribution in [3.8, 4) is 0 Å². The second kappa shape index (κ2) is 18.0. The van der Waals surface area contributed by atoms with Crippen molar-refractivity contribution < 1.29 is 49.0 Å². The Labute approximate surface area is 262 Å².